The summed E-state index contributed by atoms with van der Waals surface area (Å²) in [6.45, 7) is 2.13. The van der Waals surface area contributed by atoms with Crippen molar-refractivity contribution in [2.45, 2.75) is 51.9 Å². The van der Waals surface area contributed by atoms with Gasteiger partial charge in [0, 0.05) is 6.42 Å². The molecular weight excluding hydrogens is 208 g/mol. The van der Waals surface area contributed by atoms with E-state index >= 15 is 0 Å². The van der Waals surface area contributed by atoms with E-state index in [1.807, 2.05) is 0 Å². The van der Waals surface area contributed by atoms with Crippen LogP contribution in [0.2, 0.25) is 0 Å². The van der Waals surface area contributed by atoms with Crippen LogP contribution in [-0.2, 0) is 14.3 Å². The number of carbonyl (C=O) groups is 2. The van der Waals surface area contributed by atoms with Crippen molar-refractivity contribution in [2.75, 3.05) is 0 Å². The van der Waals surface area contributed by atoms with Gasteiger partial charge in [-0.2, -0.15) is 0 Å². The largest absolute Gasteiger partial charge is 0.481 e. The zero-order valence-electron chi connectivity index (χ0n) is 9.62. The first-order valence-electron chi connectivity index (χ1n) is 5.56. The molecule has 0 aliphatic carbocycles. The molecular formula is C12H18O4. The van der Waals surface area contributed by atoms with Crippen LogP contribution in [0.15, 0.2) is 0 Å². The SMILES string of the molecule is CCCCCCC#COC(=O)CCC(=O)O. The van der Waals surface area contributed by atoms with Gasteiger partial charge in [0.2, 0.25) is 0 Å². The van der Waals surface area contributed by atoms with E-state index in [2.05, 4.69) is 23.7 Å². The Kier molecular flexibility index (Phi) is 9.09. The number of aliphatic carboxylic acids is 1. The van der Waals surface area contributed by atoms with Crippen LogP contribution in [0.5, 0.6) is 0 Å². The predicted molar refractivity (Wildman–Crippen MR) is 59.5 cm³/mol. The van der Waals surface area contributed by atoms with Crippen molar-refractivity contribution in [3.63, 3.8) is 0 Å². The number of carboxylic acid groups (broad SMARTS) is 1. The van der Waals surface area contributed by atoms with Gasteiger partial charge < -0.3 is 9.84 Å². The van der Waals surface area contributed by atoms with Crippen molar-refractivity contribution >= 4 is 11.9 Å². The molecule has 0 atom stereocenters. The molecule has 0 saturated heterocycles. The molecule has 16 heavy (non-hydrogen) atoms. The number of hydrogen-bond donors (Lipinski definition) is 1. The van der Waals surface area contributed by atoms with Crippen LogP contribution in [0.1, 0.15) is 51.9 Å². The summed E-state index contributed by atoms with van der Waals surface area (Å²) < 4.78 is 4.54. The lowest BCUT2D eigenvalue weighted by atomic mass is 10.2. The maximum atomic E-state index is 10.9. The number of carboxylic acids is 1. The van der Waals surface area contributed by atoms with Crippen LogP contribution < -0.4 is 0 Å². The molecule has 0 aliphatic rings. The minimum absolute atomic E-state index is 0.125. The van der Waals surface area contributed by atoms with Gasteiger partial charge >= 0.3 is 11.9 Å². The van der Waals surface area contributed by atoms with Crippen molar-refractivity contribution < 1.29 is 19.4 Å². The number of unbranched alkanes of at least 4 members (excludes halogenated alkanes) is 4. The molecule has 0 heterocycles. The second-order valence-corrected chi connectivity index (χ2v) is 3.46. The van der Waals surface area contributed by atoms with E-state index in [0.717, 1.165) is 12.8 Å². The smallest absolute Gasteiger partial charge is 0.320 e. The fourth-order valence-electron chi connectivity index (χ4n) is 1.04. The molecule has 0 unspecified atom stereocenters. The molecule has 0 aromatic carbocycles. The fraction of sp³-hybridized carbons (Fsp3) is 0.667. The Bertz CT molecular complexity index is 272. The summed E-state index contributed by atoms with van der Waals surface area (Å²) in [5.74, 6) is 1.13. The van der Waals surface area contributed by atoms with E-state index in [4.69, 9.17) is 5.11 Å². The number of esters is 1. The van der Waals surface area contributed by atoms with Crippen LogP contribution >= 0.6 is 0 Å². The monoisotopic (exact) mass is 226 g/mol. The van der Waals surface area contributed by atoms with E-state index in [9.17, 15) is 9.59 Å². The lowest BCUT2D eigenvalue weighted by Gasteiger charge is -1.93. The Morgan fingerprint density at radius 3 is 2.56 bits per heavy atom. The third-order valence-corrected chi connectivity index (χ3v) is 1.94. The maximum absolute atomic E-state index is 10.9. The van der Waals surface area contributed by atoms with E-state index in [0.29, 0.717) is 6.42 Å². The Morgan fingerprint density at radius 1 is 1.19 bits per heavy atom. The van der Waals surface area contributed by atoms with E-state index in [1.54, 1.807) is 0 Å². The topological polar surface area (TPSA) is 63.6 Å². The molecule has 0 bridgehead atoms. The Hall–Kier alpha value is -1.50. The average molecular weight is 226 g/mol. The van der Waals surface area contributed by atoms with Crippen LogP contribution in [0.4, 0.5) is 0 Å². The first-order chi connectivity index (χ1) is 7.66. The van der Waals surface area contributed by atoms with Gasteiger partial charge in [0.1, 0.15) is 6.11 Å². The first-order valence-corrected chi connectivity index (χ1v) is 5.56. The highest BCUT2D eigenvalue weighted by molar-refractivity contribution is 5.77. The number of carbonyl (C=O) groups excluding carboxylic acids is 1. The molecule has 0 rings (SSSR count). The van der Waals surface area contributed by atoms with Gasteiger partial charge in [-0.1, -0.05) is 32.1 Å². The minimum Gasteiger partial charge on any atom is -0.481 e. The molecule has 4 nitrogen and oxygen atoms in total. The van der Waals surface area contributed by atoms with Crippen LogP contribution in [0, 0.1) is 12.0 Å². The lowest BCUT2D eigenvalue weighted by molar-refractivity contribution is -0.143. The highest BCUT2D eigenvalue weighted by atomic mass is 16.5. The summed E-state index contributed by atoms with van der Waals surface area (Å²) in [6.07, 6.45) is 7.19. The van der Waals surface area contributed by atoms with E-state index in [1.165, 1.54) is 12.8 Å². The molecule has 90 valence electrons. The predicted octanol–water partition coefficient (Wildman–Crippen LogP) is 2.33. The van der Waals surface area contributed by atoms with E-state index in [-0.39, 0.29) is 12.8 Å². The fourth-order valence-corrected chi connectivity index (χ4v) is 1.04. The molecule has 0 spiro atoms. The summed E-state index contributed by atoms with van der Waals surface area (Å²) >= 11 is 0. The van der Waals surface area contributed by atoms with Crippen molar-refractivity contribution in [2.24, 2.45) is 0 Å². The lowest BCUT2D eigenvalue weighted by Crippen LogP contribution is -2.04. The Morgan fingerprint density at radius 2 is 1.94 bits per heavy atom. The molecule has 4 heteroatoms. The van der Waals surface area contributed by atoms with Crippen LogP contribution in [0.25, 0.3) is 0 Å². The second-order valence-electron chi connectivity index (χ2n) is 3.46. The van der Waals surface area contributed by atoms with Crippen LogP contribution in [0.3, 0.4) is 0 Å². The normalized spacial score (nSPS) is 9.06. The standard InChI is InChI=1S/C12H18O4/c1-2-3-4-5-6-7-10-16-12(15)9-8-11(13)14/h2-6,8-9H2,1H3,(H,13,14). The molecule has 1 N–H and O–H groups in total. The molecule has 0 fully saturated rings. The summed E-state index contributed by atoms with van der Waals surface area (Å²) in [4.78, 5) is 21.0. The number of ether oxygens (including phenoxy) is 1. The maximum Gasteiger partial charge on any atom is 0.320 e. The van der Waals surface area contributed by atoms with Crippen molar-refractivity contribution in [3.05, 3.63) is 0 Å². The molecule has 0 amide bonds. The highest BCUT2D eigenvalue weighted by Crippen LogP contribution is 2.00. The van der Waals surface area contributed by atoms with Gasteiger partial charge in [0.15, 0.2) is 0 Å². The minimum atomic E-state index is -1.01. The van der Waals surface area contributed by atoms with Crippen molar-refractivity contribution in [1.29, 1.82) is 0 Å². The summed E-state index contributed by atoms with van der Waals surface area (Å²) in [5, 5.41) is 8.31. The molecule has 0 radical (unpaired) electrons. The molecule has 0 aromatic heterocycles. The van der Waals surface area contributed by atoms with Gasteiger partial charge in [-0.05, 0) is 6.42 Å². The molecule has 0 saturated carbocycles. The zero-order chi connectivity index (χ0) is 12.2. The van der Waals surface area contributed by atoms with E-state index < -0.39 is 11.9 Å². The van der Waals surface area contributed by atoms with Crippen molar-refractivity contribution in [1.82, 2.24) is 0 Å². The summed E-state index contributed by atoms with van der Waals surface area (Å²) in [7, 11) is 0. The first kappa shape index (κ1) is 14.5. The summed E-state index contributed by atoms with van der Waals surface area (Å²) in [6, 6.07) is 0. The molecule has 0 aliphatic heterocycles. The van der Waals surface area contributed by atoms with Gasteiger partial charge in [-0.3, -0.25) is 9.59 Å². The third-order valence-electron chi connectivity index (χ3n) is 1.94. The number of hydrogen-bond acceptors (Lipinski definition) is 3. The number of rotatable bonds is 7. The van der Waals surface area contributed by atoms with Gasteiger partial charge in [-0.25, -0.2) is 0 Å². The van der Waals surface area contributed by atoms with Gasteiger partial charge in [-0.15, -0.1) is 0 Å². The summed E-state index contributed by atoms with van der Waals surface area (Å²) in [5.41, 5.74) is 0. The van der Waals surface area contributed by atoms with Crippen LogP contribution in [-0.4, -0.2) is 17.0 Å². The zero-order valence-corrected chi connectivity index (χ0v) is 9.62. The van der Waals surface area contributed by atoms with Crippen molar-refractivity contribution in [3.8, 4) is 12.0 Å². The Balaban J connectivity index is 3.44. The average Bonchev–Trinajstić information content (AvgIpc) is 2.25. The molecule has 0 aromatic rings. The Labute approximate surface area is 96.0 Å². The van der Waals surface area contributed by atoms with Gasteiger partial charge in [0.25, 0.3) is 0 Å². The quantitative estimate of drug-likeness (QED) is 0.411. The highest BCUT2D eigenvalue weighted by Gasteiger charge is 2.04. The third kappa shape index (κ3) is 10.6. The van der Waals surface area contributed by atoms with Gasteiger partial charge in [0.05, 0.1) is 12.8 Å². The second kappa shape index (κ2) is 10.0.